The summed E-state index contributed by atoms with van der Waals surface area (Å²) in [6, 6.07) is 12.8. The monoisotopic (exact) mass is 439 g/mol. The van der Waals surface area contributed by atoms with Gasteiger partial charge in [0.1, 0.15) is 12.4 Å². The molecule has 0 unspecified atom stereocenters. The van der Waals surface area contributed by atoms with Gasteiger partial charge in [-0.1, -0.05) is 18.2 Å². The lowest BCUT2D eigenvalue weighted by Crippen LogP contribution is -2.23. The molecule has 1 heterocycles. The second-order valence-electron chi connectivity index (χ2n) is 6.16. The summed E-state index contributed by atoms with van der Waals surface area (Å²) in [5.74, 6) is -0.447. The Labute approximate surface area is 170 Å². The molecule has 0 amide bonds. The number of hydrogen-bond acceptors (Lipinski definition) is 5. The lowest BCUT2D eigenvalue weighted by Gasteiger charge is -2.13. The van der Waals surface area contributed by atoms with E-state index < -0.39 is 34.3 Å². The zero-order valence-electron chi connectivity index (χ0n) is 15.3. The number of esters is 1. The zero-order chi connectivity index (χ0) is 21.8. The number of alkyl halides is 3. The van der Waals surface area contributed by atoms with Crippen molar-refractivity contribution in [1.82, 2.24) is 4.72 Å². The number of carbonyl (C=O) groups excluding carboxylic acids is 1. The van der Waals surface area contributed by atoms with Crippen LogP contribution in [0.4, 0.5) is 13.2 Å². The van der Waals surface area contributed by atoms with Crippen LogP contribution >= 0.6 is 0 Å². The Morgan fingerprint density at radius 1 is 1.00 bits per heavy atom. The van der Waals surface area contributed by atoms with E-state index in [0.717, 1.165) is 6.07 Å². The van der Waals surface area contributed by atoms with E-state index in [1.807, 2.05) is 0 Å². The Bertz CT molecular complexity index is 1110. The minimum absolute atomic E-state index is 0.00414. The molecular formula is C20H16F3NO5S. The van der Waals surface area contributed by atoms with Crippen molar-refractivity contribution in [3.63, 3.8) is 0 Å². The SMILES string of the molecule is O=C(OCc1ccccc1C(F)(F)F)c1ccc(S(=O)(=O)NCc2ccco2)cc1. The van der Waals surface area contributed by atoms with Gasteiger partial charge in [0.25, 0.3) is 0 Å². The fourth-order valence-corrected chi connectivity index (χ4v) is 3.58. The molecule has 0 spiro atoms. The third-order valence-electron chi connectivity index (χ3n) is 4.10. The maximum absolute atomic E-state index is 13.0. The third kappa shape index (κ3) is 5.28. The summed E-state index contributed by atoms with van der Waals surface area (Å²) in [5.41, 5.74) is -1.06. The van der Waals surface area contributed by atoms with Crippen LogP contribution in [0.3, 0.4) is 0 Å². The molecule has 158 valence electrons. The van der Waals surface area contributed by atoms with Gasteiger partial charge >= 0.3 is 12.1 Å². The second kappa shape index (κ2) is 8.72. The quantitative estimate of drug-likeness (QED) is 0.560. The van der Waals surface area contributed by atoms with Crippen molar-refractivity contribution in [1.29, 1.82) is 0 Å². The molecule has 10 heteroatoms. The van der Waals surface area contributed by atoms with Gasteiger partial charge in [0, 0.05) is 5.56 Å². The van der Waals surface area contributed by atoms with E-state index in [2.05, 4.69) is 4.72 Å². The molecule has 0 fully saturated rings. The van der Waals surface area contributed by atoms with Crippen LogP contribution in [-0.2, 0) is 34.1 Å². The summed E-state index contributed by atoms with van der Waals surface area (Å²) in [7, 11) is -3.84. The summed E-state index contributed by atoms with van der Waals surface area (Å²) in [5, 5.41) is 0. The predicted octanol–water partition coefficient (Wildman–Crippen LogP) is 4.13. The molecule has 0 radical (unpaired) electrons. The minimum atomic E-state index is -4.57. The summed E-state index contributed by atoms with van der Waals surface area (Å²) < 4.78 is 75.9. The first-order chi connectivity index (χ1) is 14.2. The van der Waals surface area contributed by atoms with E-state index in [1.165, 1.54) is 48.7 Å². The van der Waals surface area contributed by atoms with Crippen molar-refractivity contribution in [3.05, 3.63) is 89.4 Å². The van der Waals surface area contributed by atoms with Crippen molar-refractivity contribution >= 4 is 16.0 Å². The fourth-order valence-electron chi connectivity index (χ4n) is 2.58. The maximum atomic E-state index is 13.0. The number of benzene rings is 2. The van der Waals surface area contributed by atoms with Crippen LogP contribution in [0.1, 0.15) is 27.2 Å². The predicted molar refractivity (Wildman–Crippen MR) is 99.7 cm³/mol. The van der Waals surface area contributed by atoms with E-state index in [0.29, 0.717) is 5.76 Å². The largest absolute Gasteiger partial charge is 0.468 e. The van der Waals surface area contributed by atoms with E-state index in [4.69, 9.17) is 9.15 Å². The highest BCUT2D eigenvalue weighted by atomic mass is 32.2. The van der Waals surface area contributed by atoms with Gasteiger partial charge in [-0.25, -0.2) is 17.9 Å². The number of ether oxygens (including phenoxy) is 1. The van der Waals surface area contributed by atoms with E-state index >= 15 is 0 Å². The van der Waals surface area contributed by atoms with Gasteiger partial charge < -0.3 is 9.15 Å². The smallest absolute Gasteiger partial charge is 0.416 e. The normalized spacial score (nSPS) is 12.0. The lowest BCUT2D eigenvalue weighted by molar-refractivity contribution is -0.138. The lowest BCUT2D eigenvalue weighted by atomic mass is 10.1. The highest BCUT2D eigenvalue weighted by Crippen LogP contribution is 2.32. The van der Waals surface area contributed by atoms with Crippen molar-refractivity contribution in [2.45, 2.75) is 24.2 Å². The molecule has 3 aromatic rings. The number of rotatable bonds is 7. The van der Waals surface area contributed by atoms with Crippen LogP contribution in [0.2, 0.25) is 0 Å². The first kappa shape index (κ1) is 21.6. The van der Waals surface area contributed by atoms with Gasteiger partial charge in [0.05, 0.1) is 28.8 Å². The van der Waals surface area contributed by atoms with Crippen molar-refractivity contribution in [3.8, 4) is 0 Å². The van der Waals surface area contributed by atoms with Gasteiger partial charge in [0.2, 0.25) is 10.0 Å². The van der Waals surface area contributed by atoms with E-state index in [9.17, 15) is 26.4 Å². The Morgan fingerprint density at radius 3 is 2.33 bits per heavy atom. The van der Waals surface area contributed by atoms with Crippen LogP contribution in [0, 0.1) is 0 Å². The van der Waals surface area contributed by atoms with Gasteiger partial charge in [-0.2, -0.15) is 13.2 Å². The molecule has 3 rings (SSSR count). The molecule has 0 aliphatic carbocycles. The van der Waals surface area contributed by atoms with Crippen LogP contribution in [0.5, 0.6) is 0 Å². The third-order valence-corrected chi connectivity index (χ3v) is 5.52. The number of hydrogen-bond donors (Lipinski definition) is 1. The Kier molecular flexibility index (Phi) is 6.28. The van der Waals surface area contributed by atoms with Gasteiger partial charge in [0.15, 0.2) is 0 Å². The van der Waals surface area contributed by atoms with Gasteiger partial charge in [-0.3, -0.25) is 0 Å². The molecule has 0 bridgehead atoms. The van der Waals surface area contributed by atoms with E-state index in [1.54, 1.807) is 12.1 Å². The Balaban J connectivity index is 1.64. The molecule has 0 saturated carbocycles. The number of sulfonamides is 1. The molecule has 0 atom stereocenters. The van der Waals surface area contributed by atoms with Gasteiger partial charge in [-0.05, 0) is 42.5 Å². The average molecular weight is 439 g/mol. The highest BCUT2D eigenvalue weighted by molar-refractivity contribution is 7.89. The highest BCUT2D eigenvalue weighted by Gasteiger charge is 2.33. The van der Waals surface area contributed by atoms with Crippen LogP contribution in [0.15, 0.2) is 76.2 Å². The number of halogens is 3. The number of furan rings is 1. The molecule has 6 nitrogen and oxygen atoms in total. The first-order valence-electron chi connectivity index (χ1n) is 8.61. The molecule has 1 aromatic heterocycles. The Hall–Kier alpha value is -3.11. The summed E-state index contributed by atoms with van der Waals surface area (Å²) in [4.78, 5) is 12.1. The molecule has 0 saturated heterocycles. The molecule has 0 aliphatic heterocycles. The Morgan fingerprint density at radius 2 is 1.70 bits per heavy atom. The second-order valence-corrected chi connectivity index (χ2v) is 7.93. The van der Waals surface area contributed by atoms with Crippen molar-refractivity contribution in [2.24, 2.45) is 0 Å². The van der Waals surface area contributed by atoms with Crippen LogP contribution < -0.4 is 4.72 Å². The minimum Gasteiger partial charge on any atom is -0.468 e. The van der Waals surface area contributed by atoms with Crippen LogP contribution in [-0.4, -0.2) is 14.4 Å². The molecule has 0 aliphatic rings. The fraction of sp³-hybridized carbons (Fsp3) is 0.150. The van der Waals surface area contributed by atoms with Gasteiger partial charge in [-0.15, -0.1) is 0 Å². The summed E-state index contributed by atoms with van der Waals surface area (Å²) in [6.07, 6.45) is -3.15. The summed E-state index contributed by atoms with van der Waals surface area (Å²) in [6.45, 7) is -0.614. The standard InChI is InChI=1S/C20H16F3NO5S/c21-20(22,23)18-6-2-1-4-15(18)13-29-19(25)14-7-9-17(10-8-14)30(26,27)24-12-16-5-3-11-28-16/h1-11,24H,12-13H2. The van der Waals surface area contributed by atoms with Crippen molar-refractivity contribution in [2.75, 3.05) is 0 Å². The number of carbonyl (C=O) groups is 1. The maximum Gasteiger partial charge on any atom is 0.416 e. The van der Waals surface area contributed by atoms with E-state index in [-0.39, 0.29) is 22.6 Å². The van der Waals surface area contributed by atoms with Crippen molar-refractivity contribution < 1.29 is 35.5 Å². The summed E-state index contributed by atoms with van der Waals surface area (Å²) >= 11 is 0. The molecule has 2 aromatic carbocycles. The molecule has 30 heavy (non-hydrogen) atoms. The molecule has 1 N–H and O–H groups in total. The first-order valence-corrected chi connectivity index (χ1v) is 10.1. The molecular weight excluding hydrogens is 423 g/mol. The average Bonchev–Trinajstić information content (AvgIpc) is 3.24. The number of nitrogens with one attached hydrogen (secondary N) is 1. The zero-order valence-corrected chi connectivity index (χ0v) is 16.2. The topological polar surface area (TPSA) is 85.6 Å². The van der Waals surface area contributed by atoms with Crippen LogP contribution in [0.25, 0.3) is 0 Å².